The van der Waals surface area contributed by atoms with Gasteiger partial charge in [0.2, 0.25) is 11.9 Å². The maximum atomic E-state index is 13.0. The molecule has 0 atom stereocenters. The van der Waals surface area contributed by atoms with Crippen molar-refractivity contribution in [2.45, 2.75) is 0 Å². The highest BCUT2D eigenvalue weighted by Gasteiger charge is 2.15. The molecule has 0 aliphatic heterocycles. The van der Waals surface area contributed by atoms with E-state index in [2.05, 4.69) is 25.9 Å². The molecule has 3 amide bonds. The summed E-state index contributed by atoms with van der Waals surface area (Å²) in [5, 5.41) is 9.55. The number of hydrogen-bond acceptors (Lipinski definition) is 7. The van der Waals surface area contributed by atoms with Crippen LogP contribution in [0.25, 0.3) is 16.7 Å². The first-order valence-corrected chi connectivity index (χ1v) is 13.4. The molecule has 0 fully saturated rings. The summed E-state index contributed by atoms with van der Waals surface area (Å²) in [6, 6.07) is 23.0. The fraction of sp³-hybridized carbons (Fsp3) is 0.0938. The Morgan fingerprint density at radius 2 is 1.65 bits per heavy atom. The highest BCUT2D eigenvalue weighted by molar-refractivity contribution is 6.07. The second-order valence-corrected chi connectivity index (χ2v) is 9.93. The van der Waals surface area contributed by atoms with Gasteiger partial charge >= 0.3 is 0 Å². The third-order valence-corrected chi connectivity index (χ3v) is 6.37. The second-order valence-electron chi connectivity index (χ2n) is 9.93. The van der Waals surface area contributed by atoms with E-state index < -0.39 is 5.91 Å². The summed E-state index contributed by atoms with van der Waals surface area (Å²) >= 11 is 0. The molecule has 43 heavy (non-hydrogen) atoms. The molecule has 11 heteroatoms. The zero-order valence-electron chi connectivity index (χ0n) is 23.6. The average molecular weight is 575 g/mol. The maximum Gasteiger partial charge on any atom is 0.255 e. The minimum absolute atomic E-state index is 0.275. The fourth-order valence-electron chi connectivity index (χ4n) is 4.41. The molecule has 5 rings (SSSR count). The number of carbonyl (C=O) groups excluding carboxylic acids is 3. The Kier molecular flexibility index (Phi) is 8.54. The number of benzene rings is 3. The van der Waals surface area contributed by atoms with Crippen molar-refractivity contribution in [1.29, 1.82) is 0 Å². The molecule has 0 bridgehead atoms. The number of aromatic nitrogens is 3. The number of nitrogens with one attached hydrogen (secondary N) is 3. The van der Waals surface area contributed by atoms with Gasteiger partial charge in [-0.1, -0.05) is 36.4 Å². The molecule has 0 unspecified atom stereocenters. The van der Waals surface area contributed by atoms with Crippen LogP contribution in [0.1, 0.15) is 20.7 Å². The highest BCUT2D eigenvalue weighted by atomic mass is 16.2. The van der Waals surface area contributed by atoms with Crippen LogP contribution in [0.4, 0.5) is 23.0 Å². The number of hydrogen-bond donors (Lipinski definition) is 4. The topological polar surface area (TPSA) is 147 Å². The van der Waals surface area contributed by atoms with Gasteiger partial charge in [-0.15, -0.1) is 0 Å². The summed E-state index contributed by atoms with van der Waals surface area (Å²) in [5.74, 6) is -0.263. The van der Waals surface area contributed by atoms with Crippen LogP contribution in [0.15, 0.2) is 103 Å². The van der Waals surface area contributed by atoms with Gasteiger partial charge in [0.1, 0.15) is 5.82 Å². The zero-order valence-corrected chi connectivity index (χ0v) is 23.6. The number of primary amides is 1. The predicted octanol–water partition coefficient (Wildman–Crippen LogP) is 4.57. The summed E-state index contributed by atoms with van der Waals surface area (Å²) in [4.78, 5) is 48.1. The lowest BCUT2D eigenvalue weighted by molar-refractivity contribution is -0.111. The number of amides is 3. The first-order chi connectivity index (χ1) is 20.8. The van der Waals surface area contributed by atoms with Gasteiger partial charge in [0, 0.05) is 53.0 Å². The Balaban J connectivity index is 1.28. The Morgan fingerprint density at radius 3 is 2.44 bits per heavy atom. The van der Waals surface area contributed by atoms with E-state index in [9.17, 15) is 14.4 Å². The van der Waals surface area contributed by atoms with Gasteiger partial charge in [-0.2, -0.15) is 4.98 Å². The molecule has 0 saturated heterocycles. The summed E-state index contributed by atoms with van der Waals surface area (Å²) in [6.07, 6.45) is 6.50. The molecule has 2 aromatic heterocycles. The van der Waals surface area contributed by atoms with E-state index in [1.165, 1.54) is 6.08 Å². The van der Waals surface area contributed by atoms with Gasteiger partial charge < -0.3 is 31.2 Å². The van der Waals surface area contributed by atoms with E-state index in [0.717, 1.165) is 10.9 Å². The van der Waals surface area contributed by atoms with Gasteiger partial charge in [0.05, 0.1) is 11.1 Å². The van der Waals surface area contributed by atoms with E-state index >= 15 is 0 Å². The molecular formula is C32H30N8O3. The smallest absolute Gasteiger partial charge is 0.255 e. The molecule has 3 aromatic carbocycles. The highest BCUT2D eigenvalue weighted by Crippen LogP contribution is 2.25. The first kappa shape index (κ1) is 28.7. The van der Waals surface area contributed by atoms with Crippen LogP contribution in [-0.2, 0) is 4.79 Å². The maximum absolute atomic E-state index is 13.0. The Hall–Kier alpha value is -5.81. The van der Waals surface area contributed by atoms with Crippen molar-refractivity contribution in [3.8, 4) is 5.82 Å². The number of nitrogens with zero attached hydrogens (tertiary/aromatic N) is 4. The van der Waals surface area contributed by atoms with Crippen LogP contribution in [0.5, 0.6) is 0 Å². The van der Waals surface area contributed by atoms with Crippen LogP contribution in [0, 0.1) is 0 Å². The molecule has 0 saturated carbocycles. The monoisotopic (exact) mass is 574 g/mol. The standard InChI is InChI=1S/C32H30N8O3/c1-39(2)17-7-14-29(41)35-22-9-5-8-21(18-22)31(43)36-23-10-6-11-24(19-23)37-32-34-16-15-28(38-32)40-20-26(30(33)42)25-12-3-4-13-27(25)40/h3-16,18-20H,17H2,1-2H3,(H2,33,42)(H,35,41)(H,36,43)(H,34,37,38). The molecule has 0 radical (unpaired) electrons. The van der Waals surface area contributed by atoms with E-state index in [0.29, 0.717) is 46.5 Å². The van der Waals surface area contributed by atoms with E-state index in [1.807, 2.05) is 49.3 Å². The number of likely N-dealkylation sites (N-methyl/N-ethyl adjacent to an activating group) is 1. The van der Waals surface area contributed by atoms with Crippen molar-refractivity contribution in [2.75, 3.05) is 36.6 Å². The number of carbonyl (C=O) groups is 3. The number of nitrogens with two attached hydrogens (primary N) is 1. The van der Waals surface area contributed by atoms with Crippen molar-refractivity contribution >= 4 is 51.6 Å². The third-order valence-electron chi connectivity index (χ3n) is 6.37. The summed E-state index contributed by atoms with van der Waals surface area (Å²) < 4.78 is 1.79. The molecule has 2 heterocycles. The molecule has 0 aliphatic carbocycles. The molecule has 5 aromatic rings. The zero-order chi connectivity index (χ0) is 30.3. The van der Waals surface area contributed by atoms with Crippen molar-refractivity contribution in [3.05, 3.63) is 115 Å². The van der Waals surface area contributed by atoms with Crippen LogP contribution >= 0.6 is 0 Å². The minimum Gasteiger partial charge on any atom is -0.366 e. The van der Waals surface area contributed by atoms with Gasteiger partial charge in [-0.25, -0.2) is 4.98 Å². The Morgan fingerprint density at radius 1 is 0.907 bits per heavy atom. The average Bonchev–Trinajstić information content (AvgIpc) is 3.38. The van der Waals surface area contributed by atoms with Crippen molar-refractivity contribution in [3.63, 3.8) is 0 Å². The molecule has 0 aliphatic rings. The summed E-state index contributed by atoms with van der Waals surface area (Å²) in [7, 11) is 3.83. The normalized spacial score (nSPS) is 11.1. The summed E-state index contributed by atoms with van der Waals surface area (Å²) in [6.45, 7) is 0.642. The minimum atomic E-state index is -0.523. The van der Waals surface area contributed by atoms with E-state index in [1.54, 1.807) is 71.6 Å². The molecule has 5 N–H and O–H groups in total. The number of para-hydroxylation sites is 1. The number of rotatable bonds is 10. The lowest BCUT2D eigenvalue weighted by Crippen LogP contribution is -2.14. The van der Waals surface area contributed by atoms with Gasteiger partial charge in [0.25, 0.3) is 11.8 Å². The molecule has 216 valence electrons. The van der Waals surface area contributed by atoms with Crippen LogP contribution < -0.4 is 21.7 Å². The Labute approximate surface area is 248 Å². The van der Waals surface area contributed by atoms with Crippen molar-refractivity contribution in [1.82, 2.24) is 19.4 Å². The quantitative estimate of drug-likeness (QED) is 0.179. The lowest BCUT2D eigenvalue weighted by atomic mass is 10.1. The second kappa shape index (κ2) is 12.8. The SMILES string of the molecule is CN(C)CC=CC(=O)Nc1cccc(C(=O)Nc2cccc(Nc3nccc(-n4cc(C(N)=O)c5ccccc54)n3)c2)c1. The van der Waals surface area contributed by atoms with Crippen LogP contribution in [0.3, 0.4) is 0 Å². The predicted molar refractivity (Wildman–Crippen MR) is 168 cm³/mol. The van der Waals surface area contributed by atoms with E-state index in [-0.39, 0.29) is 11.8 Å². The third kappa shape index (κ3) is 7.10. The molecular weight excluding hydrogens is 544 g/mol. The summed E-state index contributed by atoms with van der Waals surface area (Å²) in [5.41, 5.74) is 8.88. The first-order valence-electron chi connectivity index (χ1n) is 13.4. The van der Waals surface area contributed by atoms with E-state index in [4.69, 9.17) is 5.73 Å². The fourth-order valence-corrected chi connectivity index (χ4v) is 4.41. The van der Waals surface area contributed by atoms with Crippen molar-refractivity contribution < 1.29 is 14.4 Å². The largest absolute Gasteiger partial charge is 0.366 e. The molecule has 11 nitrogen and oxygen atoms in total. The molecule has 0 spiro atoms. The lowest BCUT2D eigenvalue weighted by Gasteiger charge is -2.11. The van der Waals surface area contributed by atoms with Gasteiger partial charge in [0.15, 0.2) is 0 Å². The van der Waals surface area contributed by atoms with Crippen LogP contribution in [-0.4, -0.2) is 57.8 Å². The van der Waals surface area contributed by atoms with Crippen molar-refractivity contribution in [2.24, 2.45) is 5.73 Å². The Bertz CT molecular complexity index is 1840. The van der Waals surface area contributed by atoms with Gasteiger partial charge in [-0.3, -0.25) is 14.4 Å². The number of fused-ring (bicyclic) bond motifs is 1. The van der Waals surface area contributed by atoms with Crippen LogP contribution in [0.2, 0.25) is 0 Å². The van der Waals surface area contributed by atoms with Gasteiger partial charge in [-0.05, 0) is 62.6 Å². The number of anilines is 4.